The van der Waals surface area contributed by atoms with Crippen molar-refractivity contribution in [3.63, 3.8) is 0 Å². The van der Waals surface area contributed by atoms with Crippen LogP contribution in [0.2, 0.25) is 0 Å². The normalized spacial score (nSPS) is 13.9. The first-order valence-electron chi connectivity index (χ1n) is 11.9. The summed E-state index contributed by atoms with van der Waals surface area (Å²) in [6.07, 6.45) is 0. The first-order chi connectivity index (χ1) is 17.0. The molecule has 0 spiro atoms. The molecule has 0 aliphatic carbocycles. The molecule has 35 heavy (non-hydrogen) atoms. The molecule has 3 heterocycles. The summed E-state index contributed by atoms with van der Waals surface area (Å²) in [6, 6.07) is 11.8. The van der Waals surface area contributed by atoms with E-state index in [2.05, 4.69) is 4.90 Å². The third-order valence-electron chi connectivity index (χ3n) is 5.82. The number of nitrogens with zero attached hydrogens (tertiary/aromatic N) is 4. The van der Waals surface area contributed by atoms with Gasteiger partial charge in [-0.3, -0.25) is 0 Å². The van der Waals surface area contributed by atoms with Crippen molar-refractivity contribution in [2.75, 3.05) is 58.5 Å². The minimum absolute atomic E-state index is 0.182. The minimum atomic E-state index is -0.573. The van der Waals surface area contributed by atoms with Crippen LogP contribution in [0.5, 0.6) is 0 Å². The molecule has 9 nitrogen and oxygen atoms in total. The second-order valence-corrected chi connectivity index (χ2v) is 8.52. The number of anilines is 1. The first-order valence-corrected chi connectivity index (χ1v) is 11.9. The van der Waals surface area contributed by atoms with Gasteiger partial charge < -0.3 is 24.0 Å². The predicted molar refractivity (Wildman–Crippen MR) is 133 cm³/mol. The quantitative estimate of drug-likeness (QED) is 0.454. The zero-order valence-electron chi connectivity index (χ0n) is 20.7. The Bertz CT molecular complexity index is 1200. The van der Waals surface area contributed by atoms with Crippen molar-refractivity contribution in [3.8, 4) is 11.1 Å². The first kappa shape index (κ1) is 24.7. The fraction of sp³-hybridized carbons (Fsp3) is 0.423. The standard InChI is InChI=1S/C26H32N4O5/c1-5-34-25(31)22-20(17-28(3)4)30-24(23(22)26(32)35-6-2)19(18-10-8-7-9-11-18)16-21(27-30)29-12-14-33-15-13-29/h7-11,16H,5-6,12-15,17H2,1-4H3. The number of fused-ring (bicyclic) bond motifs is 1. The van der Waals surface area contributed by atoms with E-state index in [1.54, 1.807) is 18.4 Å². The molecule has 3 aromatic rings. The SMILES string of the molecule is CCOC(=O)c1c(C(=O)OCC)c2c(-c3ccccc3)cc(N3CCOCC3)nn2c1CN(C)C. The number of ether oxygens (including phenoxy) is 3. The monoisotopic (exact) mass is 480 g/mol. The van der Waals surface area contributed by atoms with E-state index < -0.39 is 11.9 Å². The summed E-state index contributed by atoms with van der Waals surface area (Å²) in [5, 5.41) is 4.95. The summed E-state index contributed by atoms with van der Waals surface area (Å²) in [5.74, 6) is -0.388. The van der Waals surface area contributed by atoms with Crippen molar-refractivity contribution in [2.45, 2.75) is 20.4 Å². The van der Waals surface area contributed by atoms with Crippen molar-refractivity contribution in [3.05, 3.63) is 53.2 Å². The summed E-state index contributed by atoms with van der Waals surface area (Å²) in [7, 11) is 3.81. The smallest absolute Gasteiger partial charge is 0.341 e. The summed E-state index contributed by atoms with van der Waals surface area (Å²) in [5.41, 5.74) is 3.19. The number of carbonyl (C=O) groups excluding carboxylic acids is 2. The Balaban J connectivity index is 2.11. The molecule has 1 fully saturated rings. The van der Waals surface area contributed by atoms with Gasteiger partial charge in [0.1, 0.15) is 11.4 Å². The lowest BCUT2D eigenvalue weighted by molar-refractivity contribution is 0.0480. The zero-order valence-corrected chi connectivity index (χ0v) is 20.7. The van der Waals surface area contributed by atoms with Crippen molar-refractivity contribution < 1.29 is 23.8 Å². The molecule has 9 heteroatoms. The highest BCUT2D eigenvalue weighted by molar-refractivity contribution is 6.12. The average molecular weight is 481 g/mol. The third-order valence-corrected chi connectivity index (χ3v) is 5.82. The number of benzene rings is 1. The minimum Gasteiger partial charge on any atom is -0.462 e. The number of aromatic nitrogens is 2. The Labute approximate surface area is 205 Å². The van der Waals surface area contributed by atoms with E-state index in [1.807, 2.05) is 55.4 Å². The van der Waals surface area contributed by atoms with Gasteiger partial charge in [-0.05, 0) is 39.6 Å². The largest absolute Gasteiger partial charge is 0.462 e. The van der Waals surface area contributed by atoms with Crippen LogP contribution in [0.25, 0.3) is 16.6 Å². The summed E-state index contributed by atoms with van der Waals surface area (Å²) in [4.78, 5) is 30.7. The average Bonchev–Trinajstić information content (AvgIpc) is 3.18. The number of hydrogen-bond donors (Lipinski definition) is 0. The van der Waals surface area contributed by atoms with Gasteiger partial charge in [0.2, 0.25) is 0 Å². The fourth-order valence-electron chi connectivity index (χ4n) is 4.35. The summed E-state index contributed by atoms with van der Waals surface area (Å²) >= 11 is 0. The van der Waals surface area contributed by atoms with E-state index >= 15 is 0 Å². The molecule has 0 unspecified atom stereocenters. The molecule has 1 aliphatic heterocycles. The maximum atomic E-state index is 13.3. The van der Waals surface area contributed by atoms with Crippen molar-refractivity contribution in [1.82, 2.24) is 14.5 Å². The van der Waals surface area contributed by atoms with Gasteiger partial charge in [0.15, 0.2) is 0 Å². The zero-order chi connectivity index (χ0) is 24.9. The highest BCUT2D eigenvalue weighted by Crippen LogP contribution is 2.36. The van der Waals surface area contributed by atoms with Crippen LogP contribution in [0.3, 0.4) is 0 Å². The molecule has 186 valence electrons. The fourth-order valence-corrected chi connectivity index (χ4v) is 4.35. The van der Waals surface area contributed by atoms with E-state index in [-0.39, 0.29) is 24.3 Å². The van der Waals surface area contributed by atoms with Crippen LogP contribution in [-0.4, -0.2) is 80.1 Å². The Morgan fingerprint density at radius 2 is 1.63 bits per heavy atom. The van der Waals surface area contributed by atoms with Crippen LogP contribution < -0.4 is 4.90 Å². The van der Waals surface area contributed by atoms with Crippen LogP contribution in [0.15, 0.2) is 36.4 Å². The van der Waals surface area contributed by atoms with Gasteiger partial charge in [0.05, 0.1) is 43.2 Å². The predicted octanol–water partition coefficient (Wildman–Crippen LogP) is 3.25. The summed E-state index contributed by atoms with van der Waals surface area (Å²) < 4.78 is 18.1. The third kappa shape index (κ3) is 5.01. The lowest BCUT2D eigenvalue weighted by Crippen LogP contribution is -2.37. The number of esters is 2. The molecule has 1 aromatic carbocycles. The number of rotatable bonds is 8. The highest BCUT2D eigenvalue weighted by Gasteiger charge is 2.33. The van der Waals surface area contributed by atoms with Gasteiger partial charge >= 0.3 is 11.9 Å². The summed E-state index contributed by atoms with van der Waals surface area (Å²) in [6.45, 7) is 6.86. The molecule has 0 bridgehead atoms. The van der Waals surface area contributed by atoms with E-state index in [1.165, 1.54) is 0 Å². The van der Waals surface area contributed by atoms with Crippen LogP contribution in [0.4, 0.5) is 5.82 Å². The van der Waals surface area contributed by atoms with Crippen LogP contribution in [-0.2, 0) is 20.8 Å². The van der Waals surface area contributed by atoms with Gasteiger partial charge in [-0.1, -0.05) is 30.3 Å². The van der Waals surface area contributed by atoms with Gasteiger partial charge in [0, 0.05) is 25.2 Å². The topological polar surface area (TPSA) is 85.6 Å². The molecule has 0 amide bonds. The molecule has 1 aliphatic rings. The molecule has 0 N–H and O–H groups in total. The van der Waals surface area contributed by atoms with Crippen molar-refractivity contribution in [2.24, 2.45) is 0 Å². The van der Waals surface area contributed by atoms with E-state index in [4.69, 9.17) is 19.3 Å². The van der Waals surface area contributed by atoms with Gasteiger partial charge in [-0.25, -0.2) is 14.1 Å². The molecule has 1 saturated heterocycles. The Morgan fingerprint density at radius 1 is 1.00 bits per heavy atom. The molecule has 0 atom stereocenters. The van der Waals surface area contributed by atoms with Crippen LogP contribution in [0, 0.1) is 0 Å². The lowest BCUT2D eigenvalue weighted by atomic mass is 10.0. The van der Waals surface area contributed by atoms with Crippen LogP contribution in [0.1, 0.15) is 40.3 Å². The molecular formula is C26H32N4O5. The Kier molecular flexibility index (Phi) is 7.67. The van der Waals surface area contributed by atoms with Crippen molar-refractivity contribution >= 4 is 23.3 Å². The van der Waals surface area contributed by atoms with Gasteiger partial charge in [0.25, 0.3) is 0 Å². The second-order valence-electron chi connectivity index (χ2n) is 8.52. The van der Waals surface area contributed by atoms with E-state index in [9.17, 15) is 9.59 Å². The maximum absolute atomic E-state index is 13.3. The molecular weight excluding hydrogens is 448 g/mol. The number of carbonyl (C=O) groups is 2. The molecule has 0 radical (unpaired) electrons. The highest BCUT2D eigenvalue weighted by atomic mass is 16.5. The number of hydrogen-bond acceptors (Lipinski definition) is 8. The van der Waals surface area contributed by atoms with Crippen molar-refractivity contribution in [1.29, 1.82) is 0 Å². The molecule has 2 aromatic heterocycles. The number of morpholine rings is 1. The van der Waals surface area contributed by atoms with E-state index in [0.29, 0.717) is 44.1 Å². The second kappa shape index (κ2) is 10.9. The van der Waals surface area contributed by atoms with Gasteiger partial charge in [-0.15, -0.1) is 5.10 Å². The van der Waals surface area contributed by atoms with Gasteiger partial charge in [-0.2, -0.15) is 0 Å². The maximum Gasteiger partial charge on any atom is 0.341 e. The Morgan fingerprint density at radius 3 is 2.23 bits per heavy atom. The lowest BCUT2D eigenvalue weighted by Gasteiger charge is -2.28. The Hall–Kier alpha value is -3.43. The van der Waals surface area contributed by atoms with E-state index in [0.717, 1.165) is 16.9 Å². The molecule has 4 rings (SSSR count). The molecule has 0 saturated carbocycles. The van der Waals surface area contributed by atoms with Crippen LogP contribution >= 0.6 is 0 Å².